The van der Waals surface area contributed by atoms with Crippen molar-refractivity contribution in [2.24, 2.45) is 0 Å². The van der Waals surface area contributed by atoms with E-state index >= 15 is 0 Å². The molecular formula is C25H27AsN5O3. The summed E-state index contributed by atoms with van der Waals surface area (Å²) in [6.45, 7) is 9.45. The summed E-state index contributed by atoms with van der Waals surface area (Å²) < 4.78 is 13.0. The molecule has 1 radical (unpaired) electrons. The number of nitrogens with zero attached hydrogens (tertiary/aromatic N) is 3. The van der Waals surface area contributed by atoms with Crippen LogP contribution in [0.5, 0.6) is 11.5 Å². The van der Waals surface area contributed by atoms with Crippen molar-refractivity contribution in [2.75, 3.05) is 12.3 Å². The van der Waals surface area contributed by atoms with E-state index in [1.807, 2.05) is 38.1 Å². The SMILES string of the molecule is Cc1ccc(Oc2ccc([As]c3ncnc(C#CCNC(=O)OC(C)(C)C)c3N)cc2C)cn1. The van der Waals surface area contributed by atoms with E-state index in [2.05, 4.69) is 38.2 Å². The van der Waals surface area contributed by atoms with Gasteiger partial charge in [0.1, 0.15) is 0 Å². The predicted octanol–water partition coefficient (Wildman–Crippen LogP) is 2.39. The number of rotatable bonds is 5. The van der Waals surface area contributed by atoms with Gasteiger partial charge in [-0.2, -0.15) is 0 Å². The second-order valence-corrected chi connectivity index (χ2v) is 10.9. The molecule has 175 valence electrons. The minimum absolute atomic E-state index is 0.124. The van der Waals surface area contributed by atoms with Gasteiger partial charge in [-0.05, 0) is 0 Å². The number of carbonyl (C=O) groups excluding carboxylic acids is 1. The van der Waals surface area contributed by atoms with Crippen LogP contribution in [-0.4, -0.2) is 48.9 Å². The van der Waals surface area contributed by atoms with Gasteiger partial charge in [0.25, 0.3) is 0 Å². The summed E-state index contributed by atoms with van der Waals surface area (Å²) in [4.78, 5) is 24.5. The Morgan fingerprint density at radius 3 is 2.62 bits per heavy atom. The molecule has 3 N–H and O–H groups in total. The zero-order valence-electron chi connectivity index (χ0n) is 19.8. The number of anilines is 1. The Labute approximate surface area is 206 Å². The molecule has 0 aliphatic heterocycles. The summed E-state index contributed by atoms with van der Waals surface area (Å²) in [6, 6.07) is 9.85. The molecule has 8 nitrogen and oxygen atoms in total. The Morgan fingerprint density at radius 1 is 1.15 bits per heavy atom. The normalized spacial score (nSPS) is 11.1. The maximum absolute atomic E-state index is 11.7. The van der Waals surface area contributed by atoms with Crippen LogP contribution in [0, 0.1) is 25.7 Å². The van der Waals surface area contributed by atoms with Crippen LogP contribution in [-0.2, 0) is 4.74 Å². The van der Waals surface area contributed by atoms with Crippen molar-refractivity contribution in [3.05, 3.63) is 59.8 Å². The molecule has 34 heavy (non-hydrogen) atoms. The third-order valence-corrected chi connectivity index (χ3v) is 6.61. The predicted molar refractivity (Wildman–Crippen MR) is 133 cm³/mol. The molecule has 3 aromatic rings. The van der Waals surface area contributed by atoms with Crippen LogP contribution < -0.4 is 24.6 Å². The third kappa shape index (κ3) is 7.50. The Balaban J connectivity index is 1.65. The van der Waals surface area contributed by atoms with Gasteiger partial charge in [-0.1, -0.05) is 0 Å². The number of hydrogen-bond acceptors (Lipinski definition) is 7. The van der Waals surface area contributed by atoms with Crippen molar-refractivity contribution in [3.8, 4) is 23.3 Å². The second kappa shape index (κ2) is 11.0. The zero-order valence-corrected chi connectivity index (χ0v) is 21.7. The first-order valence-corrected chi connectivity index (χ1v) is 12.5. The van der Waals surface area contributed by atoms with E-state index < -0.39 is 27.4 Å². The summed E-state index contributed by atoms with van der Waals surface area (Å²) in [7, 11) is 0. The standard InChI is InChI=1S/C25H27AsN5O3/c1-16-13-18(9-11-21(16)33-19-10-8-17(2)29-14-19)26-23-22(27)20(30-15-31-23)7-6-12-28-24(32)34-25(3,4)5/h8-11,13-15H,12,27H2,1-5H3,(H,28,32). The second-order valence-electron chi connectivity index (χ2n) is 8.42. The third-order valence-electron chi connectivity index (χ3n) is 4.30. The Bertz CT molecular complexity index is 1230. The number of pyridine rings is 1. The molecule has 0 spiro atoms. The fourth-order valence-electron chi connectivity index (χ4n) is 2.71. The number of hydrogen-bond donors (Lipinski definition) is 2. The molecule has 0 unspecified atom stereocenters. The molecule has 9 heteroatoms. The van der Waals surface area contributed by atoms with Gasteiger partial charge in [-0.3, -0.25) is 0 Å². The van der Waals surface area contributed by atoms with Crippen molar-refractivity contribution in [2.45, 2.75) is 40.2 Å². The fraction of sp³-hybridized carbons (Fsp3) is 0.280. The van der Waals surface area contributed by atoms with Crippen LogP contribution >= 0.6 is 0 Å². The molecule has 3 rings (SSSR count). The molecule has 0 saturated carbocycles. The topological polar surface area (TPSA) is 112 Å². The number of amides is 1. The van der Waals surface area contributed by atoms with Crippen molar-refractivity contribution < 1.29 is 14.3 Å². The number of nitrogen functional groups attached to an aromatic ring is 1. The molecule has 2 aromatic heterocycles. The summed E-state index contributed by atoms with van der Waals surface area (Å²) in [6.07, 6.45) is 2.65. The van der Waals surface area contributed by atoms with Crippen molar-refractivity contribution in [3.63, 3.8) is 0 Å². The molecule has 0 bridgehead atoms. The van der Waals surface area contributed by atoms with E-state index in [4.69, 9.17) is 15.2 Å². The first kappa shape index (κ1) is 25.1. The summed E-state index contributed by atoms with van der Waals surface area (Å²) in [5, 5.41) is 2.59. The van der Waals surface area contributed by atoms with Crippen LogP contribution in [0.1, 0.15) is 37.7 Å². The van der Waals surface area contributed by atoms with Crippen molar-refractivity contribution in [1.29, 1.82) is 0 Å². The molecule has 0 saturated heterocycles. The number of ether oxygens (including phenoxy) is 2. The van der Waals surface area contributed by atoms with Gasteiger partial charge in [-0.15, -0.1) is 0 Å². The number of aromatic nitrogens is 3. The fourth-order valence-corrected chi connectivity index (χ4v) is 4.79. The van der Waals surface area contributed by atoms with E-state index in [9.17, 15) is 4.79 Å². The van der Waals surface area contributed by atoms with Crippen LogP contribution in [0.25, 0.3) is 0 Å². The molecule has 0 atom stereocenters. The minimum atomic E-state index is -0.562. The molecule has 0 aliphatic rings. The van der Waals surface area contributed by atoms with Gasteiger partial charge in [0.05, 0.1) is 0 Å². The first-order chi connectivity index (χ1) is 16.1. The average Bonchev–Trinajstić information content (AvgIpc) is 2.76. The van der Waals surface area contributed by atoms with E-state index in [1.54, 1.807) is 27.0 Å². The number of alkyl carbamates (subject to hydrolysis) is 1. The number of aryl methyl sites for hydroxylation is 2. The summed E-state index contributed by atoms with van der Waals surface area (Å²) in [5.41, 5.74) is 8.57. The Morgan fingerprint density at radius 2 is 1.94 bits per heavy atom. The Hall–Kier alpha value is -3.56. The van der Waals surface area contributed by atoms with E-state index in [0.29, 0.717) is 17.1 Å². The molecular weight excluding hydrogens is 493 g/mol. The molecule has 0 aliphatic carbocycles. The summed E-state index contributed by atoms with van der Waals surface area (Å²) >= 11 is -0.479. The van der Waals surface area contributed by atoms with Gasteiger partial charge in [-0.25, -0.2) is 0 Å². The van der Waals surface area contributed by atoms with Gasteiger partial charge >= 0.3 is 207 Å². The van der Waals surface area contributed by atoms with Crippen molar-refractivity contribution in [1.82, 2.24) is 20.3 Å². The van der Waals surface area contributed by atoms with Crippen LogP contribution in [0.2, 0.25) is 0 Å². The zero-order chi connectivity index (χ0) is 24.7. The van der Waals surface area contributed by atoms with Gasteiger partial charge in [0, 0.05) is 0 Å². The molecule has 1 aromatic carbocycles. The van der Waals surface area contributed by atoms with Gasteiger partial charge in [0.2, 0.25) is 0 Å². The quantitative estimate of drug-likeness (QED) is 0.393. The summed E-state index contributed by atoms with van der Waals surface area (Å²) in [5.74, 6) is 7.22. The molecule has 0 fully saturated rings. The monoisotopic (exact) mass is 520 g/mol. The van der Waals surface area contributed by atoms with Crippen LogP contribution in [0.15, 0.2) is 42.9 Å². The van der Waals surface area contributed by atoms with E-state index in [1.165, 1.54) is 6.33 Å². The van der Waals surface area contributed by atoms with Gasteiger partial charge < -0.3 is 0 Å². The van der Waals surface area contributed by atoms with Crippen LogP contribution in [0.3, 0.4) is 0 Å². The number of nitrogens with two attached hydrogens (primary N) is 1. The van der Waals surface area contributed by atoms with E-state index in [0.717, 1.165) is 25.8 Å². The van der Waals surface area contributed by atoms with Crippen LogP contribution in [0.4, 0.5) is 10.5 Å². The number of nitrogens with one attached hydrogen (secondary N) is 1. The maximum atomic E-state index is 11.7. The first-order valence-electron chi connectivity index (χ1n) is 10.6. The molecule has 1 amide bonds. The number of benzene rings is 1. The van der Waals surface area contributed by atoms with Gasteiger partial charge in [0.15, 0.2) is 0 Å². The number of carbonyl (C=O) groups is 1. The average molecular weight is 520 g/mol. The molecule has 2 heterocycles. The van der Waals surface area contributed by atoms with Crippen molar-refractivity contribution >= 4 is 36.4 Å². The van der Waals surface area contributed by atoms with E-state index in [-0.39, 0.29) is 6.54 Å². The Kier molecular flexibility index (Phi) is 8.14.